The van der Waals surface area contributed by atoms with Crippen molar-refractivity contribution >= 4 is 28.8 Å². The monoisotopic (exact) mass is 430 g/mol. The van der Waals surface area contributed by atoms with Crippen LogP contribution in [0.3, 0.4) is 0 Å². The molecule has 0 bridgehead atoms. The fourth-order valence-corrected chi connectivity index (χ4v) is 3.38. The van der Waals surface area contributed by atoms with Gasteiger partial charge in [0.1, 0.15) is 17.9 Å². The molecule has 1 saturated carbocycles. The van der Waals surface area contributed by atoms with Crippen molar-refractivity contribution in [2.45, 2.75) is 32.5 Å². The van der Waals surface area contributed by atoms with E-state index in [1.54, 1.807) is 0 Å². The average molecular weight is 431 g/mol. The highest BCUT2D eigenvalue weighted by atomic mass is 35.5. The Morgan fingerprint density at radius 3 is 2.75 bits per heavy atom. The summed E-state index contributed by atoms with van der Waals surface area (Å²) in [6, 6.07) is 0. The molecule has 152 valence electrons. The number of ether oxygens (including phenoxy) is 3. The number of aromatic nitrogens is 3. The molecule has 3 rings (SSSR count). The molecule has 1 aliphatic carbocycles. The van der Waals surface area contributed by atoms with E-state index in [-0.39, 0.29) is 40.5 Å². The summed E-state index contributed by atoms with van der Waals surface area (Å²) in [5.74, 6) is 0.689. The van der Waals surface area contributed by atoms with Crippen LogP contribution in [0.2, 0.25) is 5.02 Å². The zero-order valence-electron chi connectivity index (χ0n) is 15.2. The molecule has 2 heterocycles. The maximum absolute atomic E-state index is 13.0. The summed E-state index contributed by atoms with van der Waals surface area (Å²) >= 11 is 7.14. The Hall–Kier alpha value is -2.04. The lowest BCUT2D eigenvalue weighted by Crippen LogP contribution is -2.37. The number of rotatable bonds is 10. The van der Waals surface area contributed by atoms with Crippen LogP contribution < -0.4 is 14.8 Å². The lowest BCUT2D eigenvalue weighted by molar-refractivity contribution is -0.119. The second-order valence-corrected chi connectivity index (χ2v) is 7.71. The third-order valence-corrected chi connectivity index (χ3v) is 5.14. The number of nitrogens with one attached hydrogen (secondary N) is 1. The number of amides is 1. The fraction of sp³-hybridized carbons (Fsp3) is 0.529. The van der Waals surface area contributed by atoms with E-state index in [9.17, 15) is 9.18 Å². The van der Waals surface area contributed by atoms with Gasteiger partial charge in [-0.05, 0) is 18.8 Å². The van der Waals surface area contributed by atoms with E-state index in [1.165, 1.54) is 13.3 Å². The van der Waals surface area contributed by atoms with Crippen molar-refractivity contribution in [1.29, 1.82) is 0 Å². The minimum atomic E-state index is -0.380. The first-order valence-corrected chi connectivity index (χ1v) is 9.93. The maximum Gasteiger partial charge on any atom is 0.240 e. The summed E-state index contributed by atoms with van der Waals surface area (Å²) in [5.41, 5.74) is 0. The van der Waals surface area contributed by atoms with E-state index in [0.717, 1.165) is 30.4 Å². The van der Waals surface area contributed by atoms with Crippen LogP contribution in [0.15, 0.2) is 12.5 Å². The maximum atomic E-state index is 13.0. The van der Waals surface area contributed by atoms with Crippen LogP contribution in [0.5, 0.6) is 11.8 Å². The molecule has 2 aromatic rings. The van der Waals surface area contributed by atoms with Crippen molar-refractivity contribution < 1.29 is 23.4 Å². The molecular weight excluding hydrogens is 411 g/mol. The summed E-state index contributed by atoms with van der Waals surface area (Å²) in [4.78, 5) is 22.7. The number of carbonyl (C=O) groups excluding carboxylic acids is 1. The SMILES string of the molecule is CC(=O)NCCOC1CC(COc2ncnc(OCc3ncc(F)s3)c2Cl)C1. The molecule has 2 aromatic heterocycles. The van der Waals surface area contributed by atoms with Crippen molar-refractivity contribution in [3.05, 3.63) is 27.7 Å². The van der Waals surface area contributed by atoms with Gasteiger partial charge in [0.15, 0.2) is 10.2 Å². The molecular formula is C17H20ClFN4O4S. The quantitative estimate of drug-likeness (QED) is 0.579. The van der Waals surface area contributed by atoms with Gasteiger partial charge in [-0.2, -0.15) is 4.39 Å². The lowest BCUT2D eigenvalue weighted by atomic mass is 9.83. The van der Waals surface area contributed by atoms with E-state index in [4.69, 9.17) is 25.8 Å². The molecule has 1 amide bonds. The minimum Gasteiger partial charge on any atom is -0.476 e. The molecule has 8 nitrogen and oxygen atoms in total. The van der Waals surface area contributed by atoms with E-state index in [0.29, 0.717) is 30.7 Å². The van der Waals surface area contributed by atoms with E-state index < -0.39 is 0 Å². The average Bonchev–Trinajstić information content (AvgIpc) is 3.04. The number of halogens is 2. The molecule has 0 radical (unpaired) electrons. The molecule has 1 N–H and O–H groups in total. The first-order valence-electron chi connectivity index (χ1n) is 8.73. The number of nitrogens with zero attached hydrogens (tertiary/aromatic N) is 3. The van der Waals surface area contributed by atoms with Crippen molar-refractivity contribution in [2.75, 3.05) is 19.8 Å². The zero-order valence-corrected chi connectivity index (χ0v) is 16.8. The summed E-state index contributed by atoms with van der Waals surface area (Å²) in [7, 11) is 0. The molecule has 0 spiro atoms. The fourth-order valence-electron chi connectivity index (χ4n) is 2.62. The third kappa shape index (κ3) is 5.98. The van der Waals surface area contributed by atoms with Crippen LogP contribution in [0, 0.1) is 11.0 Å². The van der Waals surface area contributed by atoms with Crippen molar-refractivity contribution in [3.8, 4) is 11.8 Å². The highest BCUT2D eigenvalue weighted by Crippen LogP contribution is 2.34. The highest BCUT2D eigenvalue weighted by Gasteiger charge is 2.30. The van der Waals surface area contributed by atoms with Crippen LogP contribution >= 0.6 is 22.9 Å². The molecule has 1 aliphatic rings. The van der Waals surface area contributed by atoms with Gasteiger partial charge in [0.05, 0.1) is 25.5 Å². The molecule has 0 unspecified atom stereocenters. The number of hydrogen-bond acceptors (Lipinski definition) is 8. The van der Waals surface area contributed by atoms with Crippen molar-refractivity contribution in [1.82, 2.24) is 20.3 Å². The van der Waals surface area contributed by atoms with Crippen molar-refractivity contribution in [2.24, 2.45) is 5.92 Å². The Labute approximate surface area is 170 Å². The topological polar surface area (TPSA) is 95.5 Å². The molecule has 0 saturated heterocycles. The summed E-state index contributed by atoms with van der Waals surface area (Å²) < 4.78 is 29.8. The predicted molar refractivity (Wildman–Crippen MR) is 100 cm³/mol. The van der Waals surface area contributed by atoms with Crippen LogP contribution in [0.4, 0.5) is 4.39 Å². The number of hydrogen-bond donors (Lipinski definition) is 1. The van der Waals surface area contributed by atoms with Crippen LogP contribution in [-0.4, -0.2) is 46.7 Å². The Morgan fingerprint density at radius 1 is 1.32 bits per heavy atom. The van der Waals surface area contributed by atoms with Gasteiger partial charge in [-0.1, -0.05) is 22.9 Å². The van der Waals surface area contributed by atoms with Crippen molar-refractivity contribution in [3.63, 3.8) is 0 Å². The van der Waals surface area contributed by atoms with Gasteiger partial charge in [-0.3, -0.25) is 4.79 Å². The first kappa shape index (κ1) is 20.7. The van der Waals surface area contributed by atoms with Gasteiger partial charge in [0, 0.05) is 13.5 Å². The van der Waals surface area contributed by atoms with E-state index in [2.05, 4.69) is 20.3 Å². The molecule has 11 heteroatoms. The van der Waals surface area contributed by atoms with Crippen LogP contribution in [-0.2, 0) is 16.1 Å². The molecule has 28 heavy (non-hydrogen) atoms. The molecule has 0 aromatic carbocycles. The second kappa shape index (κ2) is 9.94. The van der Waals surface area contributed by atoms with Crippen LogP contribution in [0.1, 0.15) is 24.8 Å². The molecule has 1 fully saturated rings. The third-order valence-electron chi connectivity index (χ3n) is 4.06. The lowest BCUT2D eigenvalue weighted by Gasteiger charge is -2.34. The molecule has 0 aliphatic heterocycles. The normalized spacial score (nSPS) is 18.4. The second-order valence-electron chi connectivity index (χ2n) is 6.27. The highest BCUT2D eigenvalue weighted by molar-refractivity contribution is 7.09. The Morgan fingerprint density at radius 2 is 2.07 bits per heavy atom. The number of thiazole rings is 1. The Kier molecular flexibility index (Phi) is 7.35. The summed E-state index contributed by atoms with van der Waals surface area (Å²) in [6.45, 7) is 3.01. The molecule has 0 atom stereocenters. The largest absolute Gasteiger partial charge is 0.476 e. The smallest absolute Gasteiger partial charge is 0.240 e. The van der Waals surface area contributed by atoms with Gasteiger partial charge < -0.3 is 19.5 Å². The van der Waals surface area contributed by atoms with E-state index in [1.807, 2.05) is 0 Å². The summed E-state index contributed by atoms with van der Waals surface area (Å²) in [6.07, 6.45) is 4.37. The van der Waals surface area contributed by atoms with E-state index >= 15 is 0 Å². The standard InChI is InChI=1S/C17H20ClFN4O4S/c1-10(24)20-2-3-25-12-4-11(5-12)7-26-16-15(18)17(23-9-22-16)27-8-14-21-6-13(19)28-14/h6,9,11-12H,2-5,7-8H2,1H3,(H,20,24). The summed E-state index contributed by atoms with van der Waals surface area (Å²) in [5, 5.41) is 2.96. The van der Waals surface area contributed by atoms with Gasteiger partial charge >= 0.3 is 0 Å². The predicted octanol–water partition coefficient (Wildman–Crippen LogP) is 2.61. The first-order chi connectivity index (χ1) is 13.5. The van der Waals surface area contributed by atoms with Gasteiger partial charge in [0.2, 0.25) is 17.7 Å². The van der Waals surface area contributed by atoms with Crippen LogP contribution in [0.25, 0.3) is 0 Å². The van der Waals surface area contributed by atoms with Gasteiger partial charge in [-0.25, -0.2) is 15.0 Å². The zero-order chi connectivity index (χ0) is 19.9. The van der Waals surface area contributed by atoms with Gasteiger partial charge in [0.25, 0.3) is 0 Å². The van der Waals surface area contributed by atoms with Gasteiger partial charge in [-0.15, -0.1) is 0 Å². The Bertz CT molecular complexity index is 803. The minimum absolute atomic E-state index is 0.0604. The Balaban J connectivity index is 1.39. The number of carbonyl (C=O) groups is 1.